The van der Waals surface area contributed by atoms with Crippen molar-refractivity contribution < 1.29 is 4.79 Å². The summed E-state index contributed by atoms with van der Waals surface area (Å²) in [6, 6.07) is 0. The Bertz CT molecular complexity index is 303. The van der Waals surface area contributed by atoms with Gasteiger partial charge in [0.2, 0.25) is 5.91 Å². The molecular weight excluding hydrogens is 212 g/mol. The molecule has 0 bridgehead atoms. The molecular formula is C14H26N2O. The molecule has 0 aromatic carbocycles. The molecule has 0 radical (unpaired) electrons. The van der Waals surface area contributed by atoms with E-state index in [0.717, 1.165) is 26.1 Å². The topological polar surface area (TPSA) is 32.3 Å². The first-order chi connectivity index (χ1) is 7.87. The molecule has 2 aliphatic rings. The van der Waals surface area contributed by atoms with Gasteiger partial charge in [0, 0.05) is 6.54 Å². The summed E-state index contributed by atoms with van der Waals surface area (Å²) in [6.45, 7) is 10.6. The summed E-state index contributed by atoms with van der Waals surface area (Å²) < 4.78 is 0. The smallest absolute Gasteiger partial charge is 0.243 e. The van der Waals surface area contributed by atoms with Gasteiger partial charge in [0.1, 0.15) is 0 Å². The number of carbonyl (C=O) groups is 1. The first-order valence-corrected chi connectivity index (χ1v) is 6.92. The third-order valence-corrected chi connectivity index (χ3v) is 4.92. The van der Waals surface area contributed by atoms with Gasteiger partial charge < -0.3 is 4.90 Å². The van der Waals surface area contributed by atoms with Crippen molar-refractivity contribution in [1.29, 1.82) is 0 Å². The van der Waals surface area contributed by atoms with Crippen LogP contribution in [-0.2, 0) is 4.79 Å². The summed E-state index contributed by atoms with van der Waals surface area (Å²) in [5.74, 6) is 0.944. The van der Waals surface area contributed by atoms with E-state index in [1.807, 2.05) is 4.90 Å². The number of carbonyl (C=O) groups excluding carboxylic acids is 1. The number of amides is 1. The molecule has 1 N–H and O–H groups in total. The van der Waals surface area contributed by atoms with Gasteiger partial charge in [-0.3, -0.25) is 10.1 Å². The zero-order valence-electron chi connectivity index (χ0n) is 11.7. The van der Waals surface area contributed by atoms with Crippen LogP contribution in [0, 0.1) is 11.3 Å². The van der Waals surface area contributed by atoms with Gasteiger partial charge in [0.25, 0.3) is 0 Å². The van der Waals surface area contributed by atoms with E-state index in [2.05, 4.69) is 33.0 Å². The molecule has 2 rings (SSSR count). The molecule has 0 aromatic heterocycles. The Morgan fingerprint density at radius 1 is 1.35 bits per heavy atom. The molecule has 98 valence electrons. The Morgan fingerprint density at radius 2 is 1.94 bits per heavy atom. The second kappa shape index (κ2) is 4.27. The van der Waals surface area contributed by atoms with Crippen LogP contribution >= 0.6 is 0 Å². The lowest BCUT2D eigenvalue weighted by Gasteiger charge is -2.34. The summed E-state index contributed by atoms with van der Waals surface area (Å²) in [5, 5.41) is 3.47. The molecule has 1 spiro atoms. The highest BCUT2D eigenvalue weighted by atomic mass is 16.2. The third-order valence-electron chi connectivity index (χ3n) is 4.92. The van der Waals surface area contributed by atoms with Crippen LogP contribution in [0.2, 0.25) is 0 Å². The van der Waals surface area contributed by atoms with Crippen LogP contribution in [0.5, 0.6) is 0 Å². The molecule has 1 saturated heterocycles. The zero-order chi connectivity index (χ0) is 12.7. The highest BCUT2D eigenvalue weighted by Crippen LogP contribution is 2.36. The number of nitrogens with zero attached hydrogens (tertiary/aromatic N) is 1. The molecule has 1 amide bonds. The monoisotopic (exact) mass is 238 g/mol. The van der Waals surface area contributed by atoms with Gasteiger partial charge in [-0.1, -0.05) is 40.5 Å². The van der Waals surface area contributed by atoms with Gasteiger partial charge in [-0.15, -0.1) is 0 Å². The van der Waals surface area contributed by atoms with Crippen molar-refractivity contribution in [2.24, 2.45) is 11.3 Å². The molecule has 1 heterocycles. The molecule has 17 heavy (non-hydrogen) atoms. The summed E-state index contributed by atoms with van der Waals surface area (Å²) in [5.41, 5.74) is 0.00847. The van der Waals surface area contributed by atoms with E-state index in [-0.39, 0.29) is 11.0 Å². The predicted molar refractivity (Wildman–Crippen MR) is 69.5 cm³/mol. The molecule has 2 fully saturated rings. The second-order valence-corrected chi connectivity index (χ2v) is 6.77. The van der Waals surface area contributed by atoms with E-state index in [1.165, 1.54) is 12.8 Å². The fourth-order valence-corrected chi connectivity index (χ4v) is 2.87. The molecule has 0 atom stereocenters. The lowest BCUT2D eigenvalue weighted by molar-refractivity contribution is -0.133. The minimum Gasteiger partial charge on any atom is -0.328 e. The Hall–Kier alpha value is -0.570. The van der Waals surface area contributed by atoms with Crippen molar-refractivity contribution in [1.82, 2.24) is 10.2 Å². The number of rotatable bonds is 3. The third kappa shape index (κ3) is 2.22. The van der Waals surface area contributed by atoms with E-state index in [9.17, 15) is 4.79 Å². The van der Waals surface area contributed by atoms with Gasteiger partial charge in [0.05, 0.1) is 12.2 Å². The standard InChI is InChI=1S/C14H26N2O/c1-11(2)13(3,4)9-16-10-15-14(12(16)17)7-5-6-8-14/h11,15H,5-10H2,1-4H3. The van der Waals surface area contributed by atoms with Crippen molar-refractivity contribution in [2.45, 2.75) is 58.9 Å². The summed E-state index contributed by atoms with van der Waals surface area (Å²) in [4.78, 5) is 14.5. The van der Waals surface area contributed by atoms with Crippen LogP contribution in [0.25, 0.3) is 0 Å². The van der Waals surface area contributed by atoms with E-state index in [1.54, 1.807) is 0 Å². The maximum absolute atomic E-state index is 12.5. The van der Waals surface area contributed by atoms with Gasteiger partial charge in [0.15, 0.2) is 0 Å². The zero-order valence-corrected chi connectivity index (χ0v) is 11.7. The lowest BCUT2D eigenvalue weighted by atomic mass is 9.80. The fraction of sp³-hybridized carbons (Fsp3) is 0.929. The van der Waals surface area contributed by atoms with Crippen molar-refractivity contribution in [3.8, 4) is 0 Å². The molecule has 3 heteroatoms. The van der Waals surface area contributed by atoms with Crippen LogP contribution in [0.15, 0.2) is 0 Å². The number of hydrogen-bond acceptors (Lipinski definition) is 2. The minimum atomic E-state index is -0.187. The van der Waals surface area contributed by atoms with E-state index >= 15 is 0 Å². The Balaban J connectivity index is 2.03. The van der Waals surface area contributed by atoms with Crippen molar-refractivity contribution in [2.75, 3.05) is 13.2 Å². The average Bonchev–Trinajstić information content (AvgIpc) is 2.82. The molecule has 0 unspecified atom stereocenters. The van der Waals surface area contributed by atoms with Gasteiger partial charge in [-0.25, -0.2) is 0 Å². The Kier molecular flexibility index (Phi) is 3.23. The van der Waals surface area contributed by atoms with Crippen LogP contribution < -0.4 is 5.32 Å². The minimum absolute atomic E-state index is 0.187. The molecule has 1 aliphatic carbocycles. The quantitative estimate of drug-likeness (QED) is 0.818. The van der Waals surface area contributed by atoms with E-state index in [0.29, 0.717) is 11.8 Å². The molecule has 3 nitrogen and oxygen atoms in total. The lowest BCUT2D eigenvalue weighted by Crippen LogP contribution is -2.45. The summed E-state index contributed by atoms with van der Waals surface area (Å²) in [6.07, 6.45) is 4.45. The highest BCUT2D eigenvalue weighted by Gasteiger charge is 2.48. The molecule has 1 aliphatic heterocycles. The number of nitrogens with one attached hydrogen (secondary N) is 1. The fourth-order valence-electron chi connectivity index (χ4n) is 2.87. The first-order valence-electron chi connectivity index (χ1n) is 6.92. The Labute approximate surface area is 105 Å². The molecule has 0 aromatic rings. The van der Waals surface area contributed by atoms with Crippen LogP contribution in [0.4, 0.5) is 0 Å². The van der Waals surface area contributed by atoms with Crippen LogP contribution in [0.1, 0.15) is 53.4 Å². The van der Waals surface area contributed by atoms with Crippen molar-refractivity contribution in [3.63, 3.8) is 0 Å². The molecule has 1 saturated carbocycles. The second-order valence-electron chi connectivity index (χ2n) is 6.77. The van der Waals surface area contributed by atoms with Crippen LogP contribution in [-0.4, -0.2) is 29.6 Å². The van der Waals surface area contributed by atoms with Gasteiger partial charge in [-0.05, 0) is 24.2 Å². The summed E-state index contributed by atoms with van der Waals surface area (Å²) >= 11 is 0. The summed E-state index contributed by atoms with van der Waals surface area (Å²) in [7, 11) is 0. The number of hydrogen-bond donors (Lipinski definition) is 1. The van der Waals surface area contributed by atoms with Crippen LogP contribution in [0.3, 0.4) is 0 Å². The maximum atomic E-state index is 12.5. The van der Waals surface area contributed by atoms with E-state index < -0.39 is 0 Å². The first kappa shape index (κ1) is 12.9. The van der Waals surface area contributed by atoms with Crippen molar-refractivity contribution >= 4 is 5.91 Å². The van der Waals surface area contributed by atoms with Gasteiger partial charge in [-0.2, -0.15) is 0 Å². The maximum Gasteiger partial charge on any atom is 0.243 e. The van der Waals surface area contributed by atoms with Gasteiger partial charge >= 0.3 is 0 Å². The Morgan fingerprint density at radius 3 is 2.47 bits per heavy atom. The SMILES string of the molecule is CC(C)C(C)(C)CN1CNC2(CCCC2)C1=O. The highest BCUT2D eigenvalue weighted by molar-refractivity contribution is 5.88. The predicted octanol–water partition coefficient (Wildman–Crippen LogP) is 2.37. The largest absolute Gasteiger partial charge is 0.328 e. The normalized spacial score (nSPS) is 24.3. The average molecular weight is 238 g/mol. The van der Waals surface area contributed by atoms with Crippen molar-refractivity contribution in [3.05, 3.63) is 0 Å². The van der Waals surface area contributed by atoms with E-state index in [4.69, 9.17) is 0 Å².